The van der Waals surface area contributed by atoms with Crippen molar-refractivity contribution in [2.45, 2.75) is 0 Å². The Morgan fingerprint density at radius 3 is 2.60 bits per heavy atom. The fourth-order valence-electron chi connectivity index (χ4n) is 0.118. The molecule has 0 radical (unpaired) electrons. The van der Waals surface area contributed by atoms with Crippen LogP contribution in [0.1, 0.15) is 0 Å². The van der Waals surface area contributed by atoms with E-state index in [0.717, 1.165) is 5.65 Å². The molecule has 26 valence electrons. The summed E-state index contributed by atoms with van der Waals surface area (Å²) in [7, 11) is 2.10. The molecule has 3 heteroatoms. The van der Waals surface area contributed by atoms with Crippen molar-refractivity contribution in [1.82, 2.24) is 0 Å². The van der Waals surface area contributed by atoms with Crippen LogP contribution in [0.2, 0.25) is 0 Å². The Hall–Kier alpha value is 0.350. The van der Waals surface area contributed by atoms with Crippen LogP contribution in [0.3, 0.4) is 0 Å². The van der Waals surface area contributed by atoms with Gasteiger partial charge in [0.15, 0.2) is 0 Å². The molecule has 0 aliphatic heterocycles. The van der Waals surface area contributed by atoms with Crippen molar-refractivity contribution < 1.29 is 0 Å². The maximum atomic E-state index is 3.51. The Kier molecular flexibility index (Phi) is 4.65. The van der Waals surface area contributed by atoms with E-state index in [2.05, 4.69) is 14.3 Å². The van der Waals surface area contributed by atoms with Gasteiger partial charge >= 0.3 is 37.8 Å². The zero-order chi connectivity index (χ0) is 4.12. The third-order valence-corrected chi connectivity index (χ3v) is 0.854. The minimum absolute atomic E-state index is 1.14. The van der Waals surface area contributed by atoms with Gasteiger partial charge in [-0.15, -0.1) is 0 Å². The second-order valence-corrected chi connectivity index (χ2v) is 1.87. The van der Waals surface area contributed by atoms with Crippen LogP contribution in [-0.4, -0.2) is 26.2 Å². The molecule has 5 heavy (non-hydrogen) atoms. The van der Waals surface area contributed by atoms with Gasteiger partial charge in [-0.3, -0.25) is 0 Å². The predicted molar refractivity (Wildman–Crippen MR) is 33.9 cm³/mol. The van der Waals surface area contributed by atoms with Crippen LogP contribution in [-0.2, 0) is 0 Å². The van der Waals surface area contributed by atoms with Crippen LogP contribution in [0.25, 0.3) is 0 Å². The van der Waals surface area contributed by atoms with Gasteiger partial charge in [0, 0.05) is 0 Å². The van der Waals surface area contributed by atoms with Crippen molar-refractivity contribution in [2.75, 3.05) is 5.65 Å². The maximum absolute atomic E-state index is 3.51. The van der Waals surface area contributed by atoms with Gasteiger partial charge in [0.05, 0.1) is 0 Å². The molecule has 0 bridgehead atoms. The Morgan fingerprint density at radius 1 is 2.00 bits per heavy atom. The SMILES string of the molecule is BCSB=C. The normalized spacial score (nSPS) is 6.40. The molecule has 0 aromatic rings. The van der Waals surface area contributed by atoms with Crippen LogP contribution in [0.15, 0.2) is 0 Å². The predicted octanol–water partition coefficient (Wildman–Crippen LogP) is -0.639. The summed E-state index contributed by atoms with van der Waals surface area (Å²) in [4.78, 5) is 0. The first-order valence-electron chi connectivity index (χ1n) is 1.64. The molecule has 0 aliphatic rings. The average Bonchev–Trinajstić information content (AvgIpc) is 1.41. The quantitative estimate of drug-likeness (QED) is 0.401. The molecule has 0 rings (SSSR count). The van der Waals surface area contributed by atoms with Gasteiger partial charge < -0.3 is 0 Å². The molecule has 0 heterocycles. The van der Waals surface area contributed by atoms with Gasteiger partial charge in [-0.25, -0.2) is 0 Å². The van der Waals surface area contributed by atoms with E-state index in [-0.39, 0.29) is 0 Å². The number of hydrogen-bond donors (Lipinski definition) is 0. The third-order valence-electron chi connectivity index (χ3n) is 0.285. The summed E-state index contributed by atoms with van der Waals surface area (Å²) in [5, 5.41) is 0. The Morgan fingerprint density at radius 2 is 2.60 bits per heavy atom. The van der Waals surface area contributed by atoms with Crippen molar-refractivity contribution >= 4 is 32.1 Å². The molecule has 0 amide bonds. The zero-order valence-corrected chi connectivity index (χ0v) is 4.22. The molecule has 0 atom stereocenters. The van der Waals surface area contributed by atoms with E-state index >= 15 is 0 Å². The number of rotatable bonds is 2. The monoisotopic (exact) mass is 84.0 g/mol. The second-order valence-electron chi connectivity index (χ2n) is 0.622. The van der Waals surface area contributed by atoms with Gasteiger partial charge in [-0.1, -0.05) is 0 Å². The van der Waals surface area contributed by atoms with Gasteiger partial charge in [0.2, 0.25) is 0 Å². The van der Waals surface area contributed by atoms with Crippen molar-refractivity contribution in [2.24, 2.45) is 0 Å². The molecule has 0 fully saturated rings. The van der Waals surface area contributed by atoms with Gasteiger partial charge in [-0.2, -0.15) is 0 Å². The number of hydrogen-bond acceptors (Lipinski definition) is 1. The molecule has 0 spiro atoms. The summed E-state index contributed by atoms with van der Waals surface area (Å²) in [5.74, 6) is 0. The van der Waals surface area contributed by atoms with Crippen LogP contribution >= 0.6 is 11.6 Å². The molecule has 0 aromatic heterocycles. The Bertz CT molecular complexity index is 28.8. The summed E-state index contributed by atoms with van der Waals surface area (Å²) in [6, 6.07) is 0. The van der Waals surface area contributed by atoms with E-state index < -0.39 is 0 Å². The average molecular weight is 83.8 g/mol. The summed E-state index contributed by atoms with van der Waals surface area (Å²) >= 11 is 1.73. The van der Waals surface area contributed by atoms with Gasteiger partial charge in [0.25, 0.3) is 0 Å². The fraction of sp³-hybridized carbons (Fsp3) is 0.500. The van der Waals surface area contributed by atoms with Gasteiger partial charge in [-0.05, 0) is 0 Å². The van der Waals surface area contributed by atoms with E-state index in [1.165, 1.54) is 0 Å². The minimum atomic E-state index is 1.14. The summed E-state index contributed by atoms with van der Waals surface area (Å²) in [5.41, 5.74) is 1.14. The molecule has 0 aromatic carbocycles. The van der Waals surface area contributed by atoms with Gasteiger partial charge in [0.1, 0.15) is 0 Å². The van der Waals surface area contributed by atoms with E-state index in [1.807, 2.05) is 6.20 Å². The fourth-order valence-corrected chi connectivity index (χ4v) is 0.354. The van der Waals surface area contributed by atoms with Crippen LogP contribution in [0.5, 0.6) is 0 Å². The molecule has 0 saturated carbocycles. The molecule has 0 aliphatic carbocycles. The molecule has 0 unspecified atom stereocenters. The zero-order valence-electron chi connectivity index (χ0n) is 3.40. The van der Waals surface area contributed by atoms with Crippen LogP contribution < -0.4 is 0 Å². The summed E-state index contributed by atoms with van der Waals surface area (Å²) in [6.07, 6.45) is 1.85. The summed E-state index contributed by atoms with van der Waals surface area (Å²) < 4.78 is 0. The summed E-state index contributed by atoms with van der Waals surface area (Å²) in [6.45, 7) is 3.51. The van der Waals surface area contributed by atoms with E-state index in [0.29, 0.717) is 0 Å². The Balaban J connectivity index is 2.40. The van der Waals surface area contributed by atoms with Crippen LogP contribution in [0, 0.1) is 0 Å². The second kappa shape index (κ2) is 4.35. The van der Waals surface area contributed by atoms with Crippen molar-refractivity contribution in [3.8, 4) is 0 Å². The Labute approximate surface area is 38.6 Å². The van der Waals surface area contributed by atoms with Crippen molar-refractivity contribution in [3.63, 3.8) is 0 Å². The van der Waals surface area contributed by atoms with E-state index in [4.69, 9.17) is 0 Å². The van der Waals surface area contributed by atoms with Crippen molar-refractivity contribution in [1.29, 1.82) is 0 Å². The van der Waals surface area contributed by atoms with Crippen LogP contribution in [0.4, 0.5) is 0 Å². The van der Waals surface area contributed by atoms with E-state index in [9.17, 15) is 0 Å². The van der Waals surface area contributed by atoms with Crippen molar-refractivity contribution in [3.05, 3.63) is 0 Å². The first kappa shape index (κ1) is 5.35. The first-order valence-corrected chi connectivity index (χ1v) is 2.69. The first-order chi connectivity index (χ1) is 2.41. The molecule has 0 N–H and O–H groups in total. The van der Waals surface area contributed by atoms with E-state index in [1.54, 1.807) is 11.6 Å². The topological polar surface area (TPSA) is 0 Å². The molecular formula is C2H6B2S. The third kappa shape index (κ3) is 4.35. The molecular weight excluding hydrogens is 77.7 g/mol. The standard InChI is InChI=1S/C2H6B2S/c1-4-5-2-3/h1-3H2. The molecule has 0 saturated heterocycles. The molecule has 0 nitrogen and oxygen atoms in total.